The second-order valence-electron chi connectivity index (χ2n) is 2.77. The molecule has 0 amide bonds. The van der Waals surface area contributed by atoms with Crippen molar-refractivity contribution >= 4 is 23.0 Å². The van der Waals surface area contributed by atoms with Crippen LogP contribution in [-0.4, -0.2) is 0 Å². The van der Waals surface area contributed by atoms with Gasteiger partial charge in [0.2, 0.25) is 0 Å². The average Bonchev–Trinajstić information content (AvgIpc) is 2.04. The Balaban J connectivity index is 3.02. The Bertz CT molecular complexity index is 233. The van der Waals surface area contributed by atoms with Crippen molar-refractivity contribution in [2.75, 3.05) is 0 Å². The zero-order chi connectivity index (χ0) is 8.27. The fourth-order valence-electron chi connectivity index (χ4n) is 1.03. The van der Waals surface area contributed by atoms with Gasteiger partial charge < -0.3 is 3.07 Å². The third-order valence-corrected chi connectivity index (χ3v) is 2.10. The molecule has 0 unspecified atom stereocenters. The fraction of sp³-hybridized carbons (Fsp3) is 0.333. The van der Waals surface area contributed by atoms with Gasteiger partial charge in [-0.1, -0.05) is 32.0 Å². The predicted molar refractivity (Wildman–Crippen MR) is 55.2 cm³/mol. The Morgan fingerprint density at radius 3 is 2.36 bits per heavy atom. The predicted octanol–water partition coefficient (Wildman–Crippen LogP) is 3.54. The Labute approximate surface area is 81.5 Å². The van der Waals surface area contributed by atoms with Gasteiger partial charge in [0.1, 0.15) is 5.75 Å². The lowest BCUT2D eigenvalue weighted by molar-refractivity contribution is 0.684. The fourth-order valence-corrected chi connectivity index (χ4v) is 1.43. The van der Waals surface area contributed by atoms with Gasteiger partial charge in [0.25, 0.3) is 0 Å². The molecule has 1 aromatic carbocycles. The van der Waals surface area contributed by atoms with Crippen LogP contribution in [0.3, 0.4) is 0 Å². The molecule has 0 atom stereocenters. The summed E-state index contributed by atoms with van der Waals surface area (Å²) in [5, 5.41) is 0. The normalized spacial score (nSPS) is 10.2. The summed E-state index contributed by atoms with van der Waals surface area (Å²) in [7, 11) is 0. The van der Waals surface area contributed by atoms with Crippen LogP contribution in [0.5, 0.6) is 5.75 Å². The minimum absolute atomic E-state index is 0.529. The van der Waals surface area contributed by atoms with Crippen LogP contribution in [0.25, 0.3) is 0 Å². The molecule has 60 valence electrons. The highest BCUT2D eigenvalue weighted by Gasteiger charge is 2.04. The second-order valence-corrected chi connectivity index (χ2v) is 3.21. The van der Waals surface area contributed by atoms with Crippen LogP contribution >= 0.6 is 23.0 Å². The van der Waals surface area contributed by atoms with E-state index >= 15 is 0 Å². The Hall–Kier alpha value is -0.250. The molecule has 0 radical (unpaired) electrons. The Morgan fingerprint density at radius 2 is 1.91 bits per heavy atom. The molecule has 0 aliphatic carbocycles. The first-order valence-corrected chi connectivity index (χ1v) is 4.51. The van der Waals surface area contributed by atoms with E-state index in [0.717, 1.165) is 5.75 Å². The lowest BCUT2D eigenvalue weighted by atomic mass is 10.0. The van der Waals surface area contributed by atoms with Gasteiger partial charge in [-0.3, -0.25) is 0 Å². The van der Waals surface area contributed by atoms with Gasteiger partial charge in [-0.05, 0) is 17.5 Å². The van der Waals surface area contributed by atoms with Gasteiger partial charge in [-0.2, -0.15) is 0 Å². The monoisotopic (exact) mass is 262 g/mol. The van der Waals surface area contributed by atoms with E-state index in [-0.39, 0.29) is 0 Å². The van der Waals surface area contributed by atoms with Crippen LogP contribution in [0.2, 0.25) is 0 Å². The van der Waals surface area contributed by atoms with Gasteiger partial charge in [0.05, 0.1) is 0 Å². The molecule has 1 aromatic rings. The minimum Gasteiger partial charge on any atom is -0.427 e. The summed E-state index contributed by atoms with van der Waals surface area (Å²) >= 11 is 1.91. The third kappa shape index (κ3) is 2.09. The summed E-state index contributed by atoms with van der Waals surface area (Å²) in [6.07, 6.45) is 0. The van der Waals surface area contributed by atoms with Crippen molar-refractivity contribution < 1.29 is 3.07 Å². The lowest BCUT2D eigenvalue weighted by Gasteiger charge is -2.08. The maximum atomic E-state index is 5.18. The van der Waals surface area contributed by atoms with E-state index in [1.165, 1.54) is 5.56 Å². The SMILES string of the molecule is CC(C)c1ccccc1OI. The van der Waals surface area contributed by atoms with Gasteiger partial charge in [0, 0.05) is 0 Å². The molecule has 11 heavy (non-hydrogen) atoms. The highest BCUT2D eigenvalue weighted by molar-refractivity contribution is 14.1. The molecule has 0 saturated carbocycles. The first-order valence-electron chi connectivity index (χ1n) is 3.63. The number of rotatable bonds is 2. The van der Waals surface area contributed by atoms with Crippen LogP contribution in [0.15, 0.2) is 24.3 Å². The van der Waals surface area contributed by atoms with Crippen molar-refractivity contribution in [1.82, 2.24) is 0 Å². The van der Waals surface area contributed by atoms with Gasteiger partial charge in [-0.15, -0.1) is 0 Å². The maximum absolute atomic E-state index is 5.18. The van der Waals surface area contributed by atoms with E-state index in [2.05, 4.69) is 19.9 Å². The standard InChI is InChI=1S/C9H11IO/c1-7(2)8-5-3-4-6-9(8)11-10/h3-7H,1-2H3. The molecule has 0 N–H and O–H groups in total. The molecule has 1 nitrogen and oxygen atoms in total. The molecule has 0 heterocycles. The quantitative estimate of drug-likeness (QED) is 0.741. The van der Waals surface area contributed by atoms with Gasteiger partial charge >= 0.3 is 0 Å². The summed E-state index contributed by atoms with van der Waals surface area (Å²) in [5.41, 5.74) is 1.27. The number of hydrogen-bond acceptors (Lipinski definition) is 1. The molecule has 0 spiro atoms. The molecule has 1 rings (SSSR count). The maximum Gasteiger partial charge on any atom is 0.192 e. The summed E-state index contributed by atoms with van der Waals surface area (Å²) in [6, 6.07) is 8.11. The Morgan fingerprint density at radius 1 is 1.27 bits per heavy atom. The molecule has 0 aliphatic heterocycles. The van der Waals surface area contributed by atoms with Crippen molar-refractivity contribution in [3.8, 4) is 5.75 Å². The van der Waals surface area contributed by atoms with Crippen LogP contribution in [-0.2, 0) is 0 Å². The zero-order valence-corrected chi connectivity index (χ0v) is 8.83. The smallest absolute Gasteiger partial charge is 0.192 e. The zero-order valence-electron chi connectivity index (χ0n) is 6.67. The van der Waals surface area contributed by atoms with E-state index in [1.807, 2.05) is 41.2 Å². The van der Waals surface area contributed by atoms with Crippen LogP contribution < -0.4 is 3.07 Å². The van der Waals surface area contributed by atoms with Gasteiger partial charge in [-0.25, -0.2) is 0 Å². The molecule has 0 saturated heterocycles. The number of halogens is 1. The van der Waals surface area contributed by atoms with Crippen molar-refractivity contribution in [2.24, 2.45) is 0 Å². The van der Waals surface area contributed by atoms with Crippen LogP contribution in [0.4, 0.5) is 0 Å². The van der Waals surface area contributed by atoms with Crippen LogP contribution in [0.1, 0.15) is 25.3 Å². The molecular weight excluding hydrogens is 251 g/mol. The van der Waals surface area contributed by atoms with E-state index in [4.69, 9.17) is 3.07 Å². The van der Waals surface area contributed by atoms with Gasteiger partial charge in [0.15, 0.2) is 23.0 Å². The number of para-hydroxylation sites is 1. The van der Waals surface area contributed by atoms with Crippen molar-refractivity contribution in [3.05, 3.63) is 29.8 Å². The summed E-state index contributed by atoms with van der Waals surface area (Å²) in [6.45, 7) is 4.32. The Kier molecular flexibility index (Phi) is 3.17. The number of hydrogen-bond donors (Lipinski definition) is 0. The van der Waals surface area contributed by atoms with E-state index in [1.54, 1.807) is 0 Å². The van der Waals surface area contributed by atoms with Crippen molar-refractivity contribution in [1.29, 1.82) is 0 Å². The summed E-state index contributed by atoms with van der Waals surface area (Å²) in [5.74, 6) is 1.50. The van der Waals surface area contributed by atoms with Crippen LogP contribution in [0, 0.1) is 0 Å². The second kappa shape index (κ2) is 3.95. The molecule has 0 bridgehead atoms. The van der Waals surface area contributed by atoms with E-state index in [0.29, 0.717) is 5.92 Å². The third-order valence-electron chi connectivity index (χ3n) is 1.62. The topological polar surface area (TPSA) is 9.23 Å². The minimum atomic E-state index is 0.529. The molecule has 0 aromatic heterocycles. The summed E-state index contributed by atoms with van der Waals surface area (Å²) in [4.78, 5) is 0. The first kappa shape index (κ1) is 8.84. The number of benzene rings is 1. The molecule has 0 aliphatic rings. The van der Waals surface area contributed by atoms with Crippen molar-refractivity contribution in [3.63, 3.8) is 0 Å². The molecule has 0 fully saturated rings. The highest BCUT2D eigenvalue weighted by Crippen LogP contribution is 2.26. The molecule has 2 heteroatoms. The van der Waals surface area contributed by atoms with E-state index < -0.39 is 0 Å². The summed E-state index contributed by atoms with van der Waals surface area (Å²) < 4.78 is 5.18. The van der Waals surface area contributed by atoms with Crippen molar-refractivity contribution in [2.45, 2.75) is 19.8 Å². The molecular formula is C9H11IO. The lowest BCUT2D eigenvalue weighted by Crippen LogP contribution is -1.89. The first-order chi connectivity index (χ1) is 5.25. The highest BCUT2D eigenvalue weighted by atomic mass is 127. The largest absolute Gasteiger partial charge is 0.427 e. The van der Waals surface area contributed by atoms with E-state index in [9.17, 15) is 0 Å². The average molecular weight is 262 g/mol.